The lowest BCUT2D eigenvalue weighted by Gasteiger charge is -2.21. The first-order valence-electron chi connectivity index (χ1n) is 6.16. The van der Waals surface area contributed by atoms with Crippen molar-refractivity contribution in [3.63, 3.8) is 0 Å². The van der Waals surface area contributed by atoms with E-state index in [0.717, 1.165) is 18.5 Å². The number of rotatable bonds is 4. The van der Waals surface area contributed by atoms with E-state index in [2.05, 4.69) is 45.1 Å². The molecule has 2 heteroatoms. The molecule has 1 N–H and O–H groups in total. The van der Waals surface area contributed by atoms with Crippen LogP contribution in [0.25, 0.3) is 0 Å². The fourth-order valence-corrected chi connectivity index (χ4v) is 1.66. The molecule has 92 valence electrons. The molecular formula is C15H22N2. The molecule has 17 heavy (non-hydrogen) atoms. The predicted octanol–water partition coefficient (Wildman–Crippen LogP) is 3.65. The van der Waals surface area contributed by atoms with E-state index in [4.69, 9.17) is 5.26 Å². The second-order valence-electron chi connectivity index (χ2n) is 5.72. The van der Waals surface area contributed by atoms with Crippen molar-refractivity contribution in [2.45, 2.75) is 40.2 Å². The van der Waals surface area contributed by atoms with Crippen LogP contribution in [0.2, 0.25) is 0 Å². The Morgan fingerprint density at radius 2 is 2.06 bits per heavy atom. The highest BCUT2D eigenvalue weighted by Crippen LogP contribution is 2.19. The van der Waals surface area contributed by atoms with Crippen LogP contribution in [0.5, 0.6) is 0 Å². The lowest BCUT2D eigenvalue weighted by Crippen LogP contribution is -2.23. The maximum atomic E-state index is 8.86. The Balaban J connectivity index is 2.52. The summed E-state index contributed by atoms with van der Waals surface area (Å²) in [6.07, 6.45) is 1.15. The zero-order valence-electron chi connectivity index (χ0n) is 11.2. The molecule has 1 rings (SSSR count). The first-order chi connectivity index (χ1) is 7.92. The van der Waals surface area contributed by atoms with Crippen molar-refractivity contribution in [3.8, 4) is 6.07 Å². The van der Waals surface area contributed by atoms with E-state index >= 15 is 0 Å². The third-order valence-electron chi connectivity index (χ3n) is 2.84. The van der Waals surface area contributed by atoms with Crippen molar-refractivity contribution in [1.82, 2.24) is 5.32 Å². The summed E-state index contributed by atoms with van der Waals surface area (Å²) in [6, 6.07) is 10.3. The topological polar surface area (TPSA) is 35.8 Å². The van der Waals surface area contributed by atoms with Crippen LogP contribution in [-0.4, -0.2) is 6.54 Å². The Hall–Kier alpha value is -1.33. The molecule has 0 aliphatic heterocycles. The number of nitrogens with one attached hydrogen (secondary N) is 1. The highest BCUT2D eigenvalue weighted by molar-refractivity contribution is 5.33. The van der Waals surface area contributed by atoms with Gasteiger partial charge in [0.05, 0.1) is 11.6 Å². The number of hydrogen-bond donors (Lipinski definition) is 1. The van der Waals surface area contributed by atoms with Crippen LogP contribution >= 0.6 is 0 Å². The summed E-state index contributed by atoms with van der Waals surface area (Å²) in [5.41, 5.74) is 2.27. The molecule has 1 unspecified atom stereocenters. The second kappa shape index (κ2) is 5.84. The molecule has 0 saturated carbocycles. The SMILES string of the molecule is CC(NCCC(C)(C)C)c1cccc(C#N)c1. The summed E-state index contributed by atoms with van der Waals surface area (Å²) in [4.78, 5) is 0. The molecule has 0 fully saturated rings. The smallest absolute Gasteiger partial charge is 0.0991 e. The highest BCUT2D eigenvalue weighted by atomic mass is 14.9. The third kappa shape index (κ3) is 5.01. The van der Waals surface area contributed by atoms with Gasteiger partial charge >= 0.3 is 0 Å². The van der Waals surface area contributed by atoms with Crippen molar-refractivity contribution in [2.24, 2.45) is 5.41 Å². The van der Waals surface area contributed by atoms with Crippen molar-refractivity contribution in [1.29, 1.82) is 5.26 Å². The molecule has 1 aromatic carbocycles. The number of nitriles is 1. The summed E-state index contributed by atoms with van der Waals surface area (Å²) in [6.45, 7) is 9.88. The average molecular weight is 230 g/mol. The second-order valence-corrected chi connectivity index (χ2v) is 5.72. The minimum atomic E-state index is 0.297. The van der Waals surface area contributed by atoms with Gasteiger partial charge in [-0.1, -0.05) is 32.9 Å². The van der Waals surface area contributed by atoms with Crippen LogP contribution in [0.3, 0.4) is 0 Å². The zero-order valence-corrected chi connectivity index (χ0v) is 11.2. The fraction of sp³-hybridized carbons (Fsp3) is 0.533. The first kappa shape index (κ1) is 13.7. The zero-order chi connectivity index (χ0) is 12.9. The van der Waals surface area contributed by atoms with Gasteiger partial charge in [0.25, 0.3) is 0 Å². The molecule has 2 nitrogen and oxygen atoms in total. The molecule has 0 spiro atoms. The van der Waals surface area contributed by atoms with E-state index in [0.29, 0.717) is 11.5 Å². The van der Waals surface area contributed by atoms with Gasteiger partial charge in [-0.25, -0.2) is 0 Å². The Morgan fingerprint density at radius 1 is 1.35 bits per heavy atom. The number of benzene rings is 1. The molecule has 0 saturated heterocycles. The van der Waals surface area contributed by atoms with Gasteiger partial charge in [0, 0.05) is 6.04 Å². The van der Waals surface area contributed by atoms with Gasteiger partial charge in [-0.15, -0.1) is 0 Å². The van der Waals surface area contributed by atoms with Gasteiger partial charge in [-0.3, -0.25) is 0 Å². The Bertz CT molecular complexity index is 396. The summed E-state index contributed by atoms with van der Waals surface area (Å²) in [5, 5.41) is 12.4. The van der Waals surface area contributed by atoms with E-state index in [-0.39, 0.29) is 0 Å². The maximum Gasteiger partial charge on any atom is 0.0991 e. The van der Waals surface area contributed by atoms with Crippen LogP contribution in [0.1, 0.15) is 51.3 Å². The van der Waals surface area contributed by atoms with Crippen molar-refractivity contribution in [2.75, 3.05) is 6.54 Å². The van der Waals surface area contributed by atoms with Crippen LogP contribution in [0.15, 0.2) is 24.3 Å². The Labute approximate surface area is 105 Å². The lowest BCUT2D eigenvalue weighted by molar-refractivity contribution is 0.358. The molecule has 0 aliphatic carbocycles. The van der Waals surface area contributed by atoms with Gasteiger partial charge in [-0.05, 0) is 43.0 Å². The predicted molar refractivity (Wildman–Crippen MR) is 71.6 cm³/mol. The third-order valence-corrected chi connectivity index (χ3v) is 2.84. The van der Waals surface area contributed by atoms with E-state index in [1.165, 1.54) is 5.56 Å². The Morgan fingerprint density at radius 3 is 2.65 bits per heavy atom. The van der Waals surface area contributed by atoms with Crippen LogP contribution in [-0.2, 0) is 0 Å². The molecule has 0 aliphatic rings. The number of hydrogen-bond acceptors (Lipinski definition) is 2. The van der Waals surface area contributed by atoms with Crippen LogP contribution in [0, 0.1) is 16.7 Å². The number of nitrogens with zero attached hydrogens (tertiary/aromatic N) is 1. The average Bonchev–Trinajstić information content (AvgIpc) is 2.27. The first-order valence-corrected chi connectivity index (χ1v) is 6.16. The molecule has 0 radical (unpaired) electrons. The van der Waals surface area contributed by atoms with Gasteiger partial charge in [0.2, 0.25) is 0 Å². The minimum Gasteiger partial charge on any atom is -0.310 e. The van der Waals surface area contributed by atoms with E-state index in [1.54, 1.807) is 0 Å². The molecule has 0 aromatic heterocycles. The van der Waals surface area contributed by atoms with E-state index < -0.39 is 0 Å². The highest BCUT2D eigenvalue weighted by Gasteiger charge is 2.11. The summed E-state index contributed by atoms with van der Waals surface area (Å²) >= 11 is 0. The maximum absolute atomic E-state index is 8.86. The van der Waals surface area contributed by atoms with Gasteiger partial charge in [-0.2, -0.15) is 5.26 Å². The molecule has 0 heterocycles. The van der Waals surface area contributed by atoms with E-state index in [9.17, 15) is 0 Å². The minimum absolute atomic E-state index is 0.297. The monoisotopic (exact) mass is 230 g/mol. The molecule has 0 amide bonds. The summed E-state index contributed by atoms with van der Waals surface area (Å²) in [5.74, 6) is 0. The summed E-state index contributed by atoms with van der Waals surface area (Å²) in [7, 11) is 0. The fourth-order valence-electron chi connectivity index (χ4n) is 1.66. The van der Waals surface area contributed by atoms with Crippen LogP contribution < -0.4 is 5.32 Å². The van der Waals surface area contributed by atoms with Gasteiger partial charge in [0.1, 0.15) is 0 Å². The molecule has 1 aromatic rings. The molecule has 1 atom stereocenters. The largest absolute Gasteiger partial charge is 0.310 e. The summed E-state index contributed by atoms with van der Waals surface area (Å²) < 4.78 is 0. The normalized spacial score (nSPS) is 13.1. The van der Waals surface area contributed by atoms with Gasteiger partial charge in [0.15, 0.2) is 0 Å². The van der Waals surface area contributed by atoms with Crippen LogP contribution in [0.4, 0.5) is 0 Å². The quantitative estimate of drug-likeness (QED) is 0.857. The molecular weight excluding hydrogens is 208 g/mol. The van der Waals surface area contributed by atoms with Gasteiger partial charge < -0.3 is 5.32 Å². The standard InChI is InChI=1S/C15H22N2/c1-12(17-9-8-15(2,3)4)14-7-5-6-13(10-14)11-16/h5-7,10,12,17H,8-9H2,1-4H3. The van der Waals surface area contributed by atoms with E-state index in [1.807, 2.05) is 18.2 Å². The van der Waals surface area contributed by atoms with Crippen molar-refractivity contribution >= 4 is 0 Å². The lowest BCUT2D eigenvalue weighted by atomic mass is 9.92. The van der Waals surface area contributed by atoms with Crippen molar-refractivity contribution in [3.05, 3.63) is 35.4 Å². The van der Waals surface area contributed by atoms with Crippen molar-refractivity contribution < 1.29 is 0 Å². The molecule has 0 bridgehead atoms. The Kier molecular flexibility index (Phi) is 4.72.